The fourth-order valence-electron chi connectivity index (χ4n) is 1.44. The van der Waals surface area contributed by atoms with Crippen LogP contribution in [0.3, 0.4) is 0 Å². The number of alkyl halides is 3. The van der Waals surface area contributed by atoms with Crippen LogP contribution in [-0.2, 0) is 6.18 Å². The molecule has 2 nitrogen and oxygen atoms in total. The van der Waals surface area contributed by atoms with Gasteiger partial charge in [-0.3, -0.25) is 0 Å². The first kappa shape index (κ1) is 17.2. The van der Waals surface area contributed by atoms with E-state index in [0.29, 0.717) is 18.6 Å². The first-order chi connectivity index (χ1) is 7.77. The van der Waals surface area contributed by atoms with Crippen LogP contribution in [0.5, 0.6) is 0 Å². The van der Waals surface area contributed by atoms with Crippen molar-refractivity contribution in [1.82, 2.24) is 0 Å². The van der Waals surface area contributed by atoms with Crippen LogP contribution < -0.4 is 5.73 Å². The van der Waals surface area contributed by atoms with Gasteiger partial charge in [0.25, 0.3) is 0 Å². The van der Waals surface area contributed by atoms with Gasteiger partial charge in [0.05, 0.1) is 17.7 Å². The molecule has 0 aromatic heterocycles. The van der Waals surface area contributed by atoms with Crippen LogP contribution in [0.2, 0.25) is 0 Å². The first-order valence-electron chi connectivity index (χ1n) is 5.07. The molecule has 0 aliphatic carbocycles. The Bertz CT molecular complexity index is 397. The van der Waals surface area contributed by atoms with Gasteiger partial charge in [-0.05, 0) is 24.1 Å². The van der Waals surface area contributed by atoms with Gasteiger partial charge in [0, 0.05) is 0 Å². The van der Waals surface area contributed by atoms with E-state index in [1.165, 1.54) is 0 Å². The van der Waals surface area contributed by atoms with Crippen molar-refractivity contribution in [1.29, 1.82) is 0 Å². The number of aliphatic hydroxyl groups is 1. The van der Waals surface area contributed by atoms with E-state index < -0.39 is 29.7 Å². The Kier molecular flexibility index (Phi) is 6.06. The fraction of sp³-hybridized carbons (Fsp3) is 0.455. The molecule has 1 rings (SSSR count). The standard InChI is InChI=1S/C11H13F4NO.ClH/c1-2-9(17)10(16)6-3-4-8(12)7(5-6)11(13,14)15;/h3-5,9-10,17H,2,16H2,1H3;1H/t9-,10+;/m1./s1. The van der Waals surface area contributed by atoms with Crippen molar-refractivity contribution in [2.45, 2.75) is 31.7 Å². The van der Waals surface area contributed by atoms with Crippen molar-refractivity contribution in [2.75, 3.05) is 0 Å². The minimum Gasteiger partial charge on any atom is -0.391 e. The first-order valence-corrected chi connectivity index (χ1v) is 5.07. The molecule has 0 saturated heterocycles. The van der Waals surface area contributed by atoms with Crippen LogP contribution in [0, 0.1) is 5.82 Å². The molecular formula is C11H14ClF4NO. The summed E-state index contributed by atoms with van der Waals surface area (Å²) in [4.78, 5) is 0. The highest BCUT2D eigenvalue weighted by molar-refractivity contribution is 5.85. The molecule has 0 heterocycles. The normalized spacial score (nSPS) is 14.8. The van der Waals surface area contributed by atoms with Crippen LogP contribution in [0.4, 0.5) is 17.6 Å². The van der Waals surface area contributed by atoms with Crippen molar-refractivity contribution >= 4 is 12.4 Å². The van der Waals surface area contributed by atoms with Crippen LogP contribution in [-0.4, -0.2) is 11.2 Å². The third-order valence-electron chi connectivity index (χ3n) is 2.51. The predicted octanol–water partition coefficient (Wildman–Crippen LogP) is 3.04. The quantitative estimate of drug-likeness (QED) is 0.840. The third-order valence-corrected chi connectivity index (χ3v) is 2.51. The molecule has 0 unspecified atom stereocenters. The smallest absolute Gasteiger partial charge is 0.391 e. The zero-order valence-corrected chi connectivity index (χ0v) is 10.4. The lowest BCUT2D eigenvalue weighted by Crippen LogP contribution is -2.26. The molecule has 2 atom stereocenters. The number of halogens is 5. The van der Waals surface area contributed by atoms with Gasteiger partial charge in [-0.1, -0.05) is 13.0 Å². The van der Waals surface area contributed by atoms with E-state index in [-0.39, 0.29) is 18.0 Å². The lowest BCUT2D eigenvalue weighted by atomic mass is 9.98. The number of benzene rings is 1. The second kappa shape index (κ2) is 6.36. The summed E-state index contributed by atoms with van der Waals surface area (Å²) in [5.74, 6) is -1.35. The van der Waals surface area contributed by atoms with E-state index in [0.717, 1.165) is 6.07 Å². The van der Waals surface area contributed by atoms with E-state index in [2.05, 4.69) is 0 Å². The SMILES string of the molecule is CC[C@@H](O)[C@@H](N)c1ccc(F)c(C(F)(F)F)c1.Cl. The van der Waals surface area contributed by atoms with Crippen molar-refractivity contribution in [2.24, 2.45) is 5.73 Å². The number of aliphatic hydroxyl groups excluding tert-OH is 1. The average Bonchev–Trinajstić information content (AvgIpc) is 2.26. The maximum absolute atomic E-state index is 13.0. The van der Waals surface area contributed by atoms with Crippen LogP contribution in [0.25, 0.3) is 0 Å². The molecule has 1 aromatic rings. The molecule has 0 spiro atoms. The van der Waals surface area contributed by atoms with Gasteiger partial charge < -0.3 is 10.8 Å². The van der Waals surface area contributed by atoms with E-state index in [4.69, 9.17) is 5.73 Å². The Balaban J connectivity index is 0.00000289. The molecule has 0 radical (unpaired) electrons. The second-order valence-electron chi connectivity index (χ2n) is 3.74. The summed E-state index contributed by atoms with van der Waals surface area (Å²) in [5, 5.41) is 9.44. The summed E-state index contributed by atoms with van der Waals surface area (Å²) < 4.78 is 50.3. The van der Waals surface area contributed by atoms with Gasteiger partial charge in [-0.15, -0.1) is 12.4 Å². The molecule has 0 saturated carbocycles. The van der Waals surface area contributed by atoms with E-state index >= 15 is 0 Å². The highest BCUT2D eigenvalue weighted by Gasteiger charge is 2.34. The monoisotopic (exact) mass is 287 g/mol. The van der Waals surface area contributed by atoms with Gasteiger partial charge in [0.15, 0.2) is 0 Å². The number of hydrogen-bond acceptors (Lipinski definition) is 2. The van der Waals surface area contributed by atoms with Crippen LogP contribution in [0.1, 0.15) is 30.5 Å². The maximum Gasteiger partial charge on any atom is 0.419 e. The predicted molar refractivity (Wildman–Crippen MR) is 61.9 cm³/mol. The van der Waals surface area contributed by atoms with Gasteiger partial charge >= 0.3 is 6.18 Å². The summed E-state index contributed by atoms with van der Waals surface area (Å²) in [6.07, 6.45) is -5.42. The maximum atomic E-state index is 13.0. The Hall–Kier alpha value is -0.850. The van der Waals surface area contributed by atoms with E-state index in [9.17, 15) is 22.7 Å². The average molecular weight is 288 g/mol. The summed E-state index contributed by atoms with van der Waals surface area (Å²) in [5.41, 5.74) is 4.27. The number of nitrogens with two attached hydrogens (primary N) is 1. The summed E-state index contributed by atoms with van der Waals surface area (Å²) in [6, 6.07) is 1.54. The van der Waals surface area contributed by atoms with Crippen molar-refractivity contribution in [3.63, 3.8) is 0 Å². The molecule has 7 heteroatoms. The third kappa shape index (κ3) is 3.83. The topological polar surface area (TPSA) is 46.2 Å². The number of rotatable bonds is 3. The molecule has 0 aliphatic rings. The summed E-state index contributed by atoms with van der Waals surface area (Å²) in [7, 11) is 0. The molecule has 18 heavy (non-hydrogen) atoms. The lowest BCUT2D eigenvalue weighted by molar-refractivity contribution is -0.140. The Morgan fingerprint density at radius 3 is 2.33 bits per heavy atom. The molecule has 0 amide bonds. The molecular weight excluding hydrogens is 274 g/mol. The minimum atomic E-state index is -4.77. The Labute approximate surface area is 108 Å². The highest BCUT2D eigenvalue weighted by Crippen LogP contribution is 2.33. The van der Waals surface area contributed by atoms with Gasteiger partial charge in [-0.25, -0.2) is 4.39 Å². The number of hydrogen-bond donors (Lipinski definition) is 2. The van der Waals surface area contributed by atoms with Crippen molar-refractivity contribution in [3.8, 4) is 0 Å². The van der Waals surface area contributed by atoms with Crippen LogP contribution in [0.15, 0.2) is 18.2 Å². The molecule has 3 N–H and O–H groups in total. The Morgan fingerprint density at radius 2 is 1.89 bits per heavy atom. The fourth-order valence-corrected chi connectivity index (χ4v) is 1.44. The van der Waals surface area contributed by atoms with Gasteiger partial charge in [-0.2, -0.15) is 13.2 Å². The van der Waals surface area contributed by atoms with Crippen molar-refractivity contribution < 1.29 is 22.7 Å². The van der Waals surface area contributed by atoms with E-state index in [1.54, 1.807) is 6.92 Å². The zero-order chi connectivity index (χ0) is 13.2. The van der Waals surface area contributed by atoms with E-state index in [1.807, 2.05) is 0 Å². The van der Waals surface area contributed by atoms with Gasteiger partial charge in [0.1, 0.15) is 5.82 Å². The highest BCUT2D eigenvalue weighted by atomic mass is 35.5. The molecule has 0 fully saturated rings. The zero-order valence-electron chi connectivity index (χ0n) is 9.54. The second-order valence-corrected chi connectivity index (χ2v) is 3.74. The molecule has 0 bridgehead atoms. The largest absolute Gasteiger partial charge is 0.419 e. The minimum absolute atomic E-state index is 0. The lowest BCUT2D eigenvalue weighted by Gasteiger charge is -2.19. The van der Waals surface area contributed by atoms with Gasteiger partial charge in [0.2, 0.25) is 0 Å². The molecule has 104 valence electrons. The summed E-state index contributed by atoms with van der Waals surface area (Å²) in [6.45, 7) is 1.65. The summed E-state index contributed by atoms with van der Waals surface area (Å²) >= 11 is 0. The van der Waals surface area contributed by atoms with Crippen molar-refractivity contribution in [3.05, 3.63) is 35.1 Å². The Morgan fingerprint density at radius 1 is 1.33 bits per heavy atom. The van der Waals surface area contributed by atoms with Crippen LogP contribution >= 0.6 is 12.4 Å². The molecule has 1 aromatic carbocycles. The molecule has 0 aliphatic heterocycles.